The number of nitrogens with zero attached hydrogens (tertiary/aromatic N) is 2. The third-order valence-corrected chi connectivity index (χ3v) is 3.10. The van der Waals surface area contributed by atoms with E-state index in [0.29, 0.717) is 6.42 Å². The molecule has 1 amide bonds. The van der Waals surface area contributed by atoms with Crippen LogP contribution in [0.5, 0.6) is 0 Å². The van der Waals surface area contributed by atoms with Gasteiger partial charge in [-0.15, -0.1) is 0 Å². The molecule has 1 atom stereocenters. The number of carbonyl (C=O) groups is 2. The van der Waals surface area contributed by atoms with Gasteiger partial charge in [-0.2, -0.15) is 0 Å². The molecule has 2 heterocycles. The van der Waals surface area contributed by atoms with Gasteiger partial charge in [0.1, 0.15) is 5.54 Å². The Kier molecular flexibility index (Phi) is 3.32. The molecule has 0 aliphatic carbocycles. The number of cyclic esters (lactones) is 1. The van der Waals surface area contributed by atoms with Crippen molar-refractivity contribution >= 4 is 12.4 Å². The van der Waals surface area contributed by atoms with Gasteiger partial charge < -0.3 is 9.53 Å². The van der Waals surface area contributed by atoms with E-state index in [2.05, 4.69) is 4.98 Å². The van der Waals surface area contributed by atoms with Crippen LogP contribution in [-0.4, -0.2) is 29.0 Å². The fraction of sp³-hybridized carbons (Fsp3) is 0.462. The predicted molar refractivity (Wildman–Crippen MR) is 64.6 cm³/mol. The number of amides is 1. The second kappa shape index (κ2) is 4.76. The highest BCUT2D eigenvalue weighted by Crippen LogP contribution is 2.36. The Balaban J connectivity index is 2.43. The van der Waals surface area contributed by atoms with Crippen molar-refractivity contribution < 1.29 is 14.3 Å². The maximum Gasteiger partial charge on any atom is 0.415 e. The molecule has 1 aromatic rings. The summed E-state index contributed by atoms with van der Waals surface area (Å²) in [6.45, 7) is 4.18. The second-order valence-electron chi connectivity index (χ2n) is 4.85. The summed E-state index contributed by atoms with van der Waals surface area (Å²) in [4.78, 5) is 28.7. The monoisotopic (exact) mass is 248 g/mol. The lowest BCUT2D eigenvalue weighted by Gasteiger charge is -2.44. The highest BCUT2D eigenvalue weighted by Gasteiger charge is 2.47. The molecular weight excluding hydrogens is 232 g/mol. The van der Waals surface area contributed by atoms with Gasteiger partial charge >= 0.3 is 6.09 Å². The van der Waals surface area contributed by atoms with Crippen molar-refractivity contribution in [1.82, 2.24) is 9.88 Å². The van der Waals surface area contributed by atoms with E-state index in [1.165, 1.54) is 4.90 Å². The number of hydrogen-bond donors (Lipinski definition) is 0. The van der Waals surface area contributed by atoms with E-state index in [9.17, 15) is 9.59 Å². The topological polar surface area (TPSA) is 59.5 Å². The van der Waals surface area contributed by atoms with Gasteiger partial charge in [-0.3, -0.25) is 9.88 Å². The third-order valence-electron chi connectivity index (χ3n) is 3.10. The van der Waals surface area contributed by atoms with Crippen LogP contribution in [-0.2, 0) is 15.1 Å². The van der Waals surface area contributed by atoms with Crippen molar-refractivity contribution in [3.8, 4) is 0 Å². The van der Waals surface area contributed by atoms with E-state index in [4.69, 9.17) is 4.74 Å². The normalized spacial score (nSPS) is 17.9. The maximum atomic E-state index is 11.7. The smallest absolute Gasteiger partial charge is 0.415 e. The first kappa shape index (κ1) is 12.5. The summed E-state index contributed by atoms with van der Waals surface area (Å²) in [6, 6.07) is 3.58. The van der Waals surface area contributed by atoms with Crippen LogP contribution in [0.15, 0.2) is 24.5 Å². The third kappa shape index (κ3) is 1.96. The van der Waals surface area contributed by atoms with Gasteiger partial charge in [0.2, 0.25) is 0 Å². The molecule has 5 nitrogen and oxygen atoms in total. The van der Waals surface area contributed by atoms with Gasteiger partial charge in [-0.05, 0) is 18.4 Å². The van der Waals surface area contributed by atoms with Crippen molar-refractivity contribution in [2.75, 3.05) is 6.73 Å². The van der Waals surface area contributed by atoms with Crippen LogP contribution in [0.4, 0.5) is 4.79 Å². The number of ether oxygens (including phenoxy) is 1. The van der Waals surface area contributed by atoms with E-state index in [0.717, 1.165) is 11.8 Å². The van der Waals surface area contributed by atoms with Crippen LogP contribution in [0.1, 0.15) is 25.8 Å². The van der Waals surface area contributed by atoms with Gasteiger partial charge in [0.05, 0.1) is 0 Å². The first-order valence-corrected chi connectivity index (χ1v) is 5.91. The van der Waals surface area contributed by atoms with Crippen molar-refractivity contribution in [3.63, 3.8) is 0 Å². The molecule has 0 radical (unpaired) electrons. The fourth-order valence-corrected chi connectivity index (χ4v) is 2.26. The average Bonchev–Trinajstić information content (AvgIpc) is 2.36. The molecule has 0 aromatic carbocycles. The lowest BCUT2D eigenvalue weighted by atomic mass is 9.83. The highest BCUT2D eigenvalue weighted by atomic mass is 16.6. The summed E-state index contributed by atoms with van der Waals surface area (Å²) >= 11 is 0. The van der Waals surface area contributed by atoms with Crippen molar-refractivity contribution in [2.24, 2.45) is 5.92 Å². The number of aldehydes is 1. The first-order chi connectivity index (χ1) is 8.60. The van der Waals surface area contributed by atoms with Crippen LogP contribution in [0, 0.1) is 5.92 Å². The number of hydrogen-bond acceptors (Lipinski definition) is 4. The van der Waals surface area contributed by atoms with Crippen LogP contribution >= 0.6 is 0 Å². The van der Waals surface area contributed by atoms with Crippen molar-refractivity contribution in [3.05, 3.63) is 30.1 Å². The lowest BCUT2D eigenvalue weighted by molar-refractivity contribution is -0.133. The molecule has 5 heteroatoms. The van der Waals surface area contributed by atoms with Crippen molar-refractivity contribution in [2.45, 2.75) is 25.8 Å². The van der Waals surface area contributed by atoms with E-state index in [1.54, 1.807) is 18.5 Å². The molecule has 1 fully saturated rings. The summed E-state index contributed by atoms with van der Waals surface area (Å²) in [5, 5.41) is 0. The minimum absolute atomic E-state index is 0.152. The number of rotatable bonds is 5. The van der Waals surface area contributed by atoms with Crippen LogP contribution in [0.25, 0.3) is 0 Å². The number of carbonyl (C=O) groups excluding carboxylic acids is 2. The van der Waals surface area contributed by atoms with Gasteiger partial charge in [-0.25, -0.2) is 4.79 Å². The Morgan fingerprint density at radius 1 is 1.61 bits per heavy atom. The fourth-order valence-electron chi connectivity index (χ4n) is 2.26. The number of pyridine rings is 1. The maximum absolute atomic E-state index is 11.7. The quantitative estimate of drug-likeness (QED) is 0.747. The zero-order valence-corrected chi connectivity index (χ0v) is 10.5. The summed E-state index contributed by atoms with van der Waals surface area (Å²) in [5.41, 5.74) is -0.233. The van der Waals surface area contributed by atoms with Gasteiger partial charge in [0.15, 0.2) is 13.0 Å². The second-order valence-corrected chi connectivity index (χ2v) is 4.85. The molecule has 18 heavy (non-hydrogen) atoms. The molecule has 1 aliphatic heterocycles. The van der Waals surface area contributed by atoms with E-state index < -0.39 is 11.6 Å². The Labute approximate surface area is 106 Å². The molecule has 1 aromatic heterocycles. The summed E-state index contributed by atoms with van der Waals surface area (Å²) in [5.74, 6) is 0.267. The van der Waals surface area contributed by atoms with Crippen LogP contribution < -0.4 is 0 Å². The average molecular weight is 248 g/mol. The van der Waals surface area contributed by atoms with E-state index in [1.807, 2.05) is 19.9 Å². The van der Waals surface area contributed by atoms with Crippen LogP contribution in [0.2, 0.25) is 0 Å². The molecule has 0 bridgehead atoms. The Morgan fingerprint density at radius 2 is 2.39 bits per heavy atom. The molecule has 0 unspecified atom stereocenters. The van der Waals surface area contributed by atoms with Gasteiger partial charge in [0.25, 0.3) is 0 Å². The minimum atomic E-state index is -0.961. The standard InChI is InChI=1S/C13H16N2O3/c1-10(2)6-13(8-16,15-9-18-12(15)17)11-4-3-5-14-7-11/h3-5,7-8,10H,6,9H2,1-2H3/t13-/m0/s1. The highest BCUT2D eigenvalue weighted by molar-refractivity contribution is 5.80. The summed E-state index contributed by atoms with van der Waals surface area (Å²) in [6.07, 6.45) is 4.19. The first-order valence-electron chi connectivity index (χ1n) is 5.91. The Hall–Kier alpha value is -1.91. The SMILES string of the molecule is CC(C)C[C@](C=O)(c1cccnc1)N1COC1=O. The number of aromatic nitrogens is 1. The molecule has 1 saturated heterocycles. The molecular formula is C13H16N2O3. The minimum Gasteiger partial charge on any atom is -0.428 e. The molecule has 0 saturated carbocycles. The summed E-state index contributed by atoms with van der Waals surface area (Å²) in [7, 11) is 0. The Bertz CT molecular complexity index is 447. The largest absolute Gasteiger partial charge is 0.428 e. The molecule has 1 aliphatic rings. The zero-order valence-electron chi connectivity index (χ0n) is 10.5. The Morgan fingerprint density at radius 3 is 2.78 bits per heavy atom. The van der Waals surface area contributed by atoms with E-state index in [-0.39, 0.29) is 12.6 Å². The van der Waals surface area contributed by atoms with Crippen LogP contribution in [0.3, 0.4) is 0 Å². The molecule has 96 valence electrons. The lowest BCUT2D eigenvalue weighted by Crippen LogP contribution is -2.59. The van der Waals surface area contributed by atoms with Gasteiger partial charge in [0, 0.05) is 18.0 Å². The summed E-state index contributed by atoms with van der Waals surface area (Å²) < 4.78 is 4.76. The zero-order chi connectivity index (χ0) is 13.2. The van der Waals surface area contributed by atoms with Crippen molar-refractivity contribution in [1.29, 1.82) is 0 Å². The molecule has 0 N–H and O–H groups in total. The van der Waals surface area contributed by atoms with E-state index >= 15 is 0 Å². The predicted octanol–water partition coefficient (Wildman–Crippen LogP) is 1.93. The molecule has 0 spiro atoms. The van der Waals surface area contributed by atoms with Gasteiger partial charge in [-0.1, -0.05) is 19.9 Å². The molecule has 2 rings (SSSR count).